The Bertz CT molecular complexity index is 871. The van der Waals surface area contributed by atoms with E-state index in [4.69, 9.17) is 4.74 Å². The average molecular weight is 372 g/mol. The van der Waals surface area contributed by atoms with Crippen LogP contribution >= 0.6 is 0 Å². The van der Waals surface area contributed by atoms with Crippen molar-refractivity contribution in [1.82, 2.24) is 0 Å². The van der Waals surface area contributed by atoms with Crippen LogP contribution in [0.1, 0.15) is 55.2 Å². The van der Waals surface area contributed by atoms with E-state index in [1.54, 1.807) is 26.0 Å². The Balaban J connectivity index is 1.65. The third kappa shape index (κ3) is 4.47. The number of hydrogen-bond acceptors (Lipinski definition) is 1. The molecular weight excluding hydrogens is 349 g/mol. The molecule has 1 fully saturated rings. The van der Waals surface area contributed by atoms with Gasteiger partial charge in [-0.05, 0) is 74.8 Å². The molecule has 0 spiro atoms. The maximum absolute atomic E-state index is 14.4. The van der Waals surface area contributed by atoms with Crippen LogP contribution in [0.5, 0.6) is 5.75 Å². The molecule has 0 heterocycles. The fraction of sp³-hybridized carbons (Fsp3) is 0.391. The van der Waals surface area contributed by atoms with E-state index in [2.05, 4.69) is 11.8 Å². The third-order valence-corrected chi connectivity index (χ3v) is 5.14. The SMILES string of the molecule is CCOc1ccc(C2CCC(C#Cc3ccc(C)c(F)c3)CC2)c(F)c1F. The van der Waals surface area contributed by atoms with Gasteiger partial charge >= 0.3 is 0 Å². The van der Waals surface area contributed by atoms with Crippen molar-refractivity contribution < 1.29 is 17.9 Å². The maximum atomic E-state index is 14.4. The van der Waals surface area contributed by atoms with Crippen molar-refractivity contribution in [2.75, 3.05) is 6.61 Å². The fourth-order valence-electron chi connectivity index (χ4n) is 3.53. The van der Waals surface area contributed by atoms with Gasteiger partial charge in [-0.3, -0.25) is 0 Å². The van der Waals surface area contributed by atoms with Gasteiger partial charge in [0.05, 0.1) is 6.61 Å². The highest BCUT2D eigenvalue weighted by Crippen LogP contribution is 2.38. The minimum absolute atomic E-state index is 0.00922. The summed E-state index contributed by atoms with van der Waals surface area (Å²) in [6.45, 7) is 3.75. The van der Waals surface area contributed by atoms with Crippen LogP contribution in [0.25, 0.3) is 0 Å². The topological polar surface area (TPSA) is 9.23 Å². The molecule has 4 heteroatoms. The Hall–Kier alpha value is -2.41. The molecule has 0 aromatic heterocycles. The molecule has 1 aliphatic rings. The van der Waals surface area contributed by atoms with Gasteiger partial charge in [-0.2, -0.15) is 4.39 Å². The minimum atomic E-state index is -0.905. The Morgan fingerprint density at radius 1 is 1.00 bits per heavy atom. The Morgan fingerprint density at radius 2 is 1.74 bits per heavy atom. The van der Waals surface area contributed by atoms with E-state index in [1.807, 2.05) is 6.07 Å². The van der Waals surface area contributed by atoms with E-state index in [1.165, 1.54) is 12.1 Å². The quantitative estimate of drug-likeness (QED) is 0.588. The molecule has 1 nitrogen and oxygen atoms in total. The summed E-state index contributed by atoms with van der Waals surface area (Å²) < 4.78 is 47.2. The lowest BCUT2D eigenvalue weighted by Gasteiger charge is -2.26. The van der Waals surface area contributed by atoms with Crippen molar-refractivity contribution in [3.8, 4) is 17.6 Å². The number of hydrogen-bond donors (Lipinski definition) is 0. The van der Waals surface area contributed by atoms with Crippen LogP contribution in [0.3, 0.4) is 0 Å². The van der Waals surface area contributed by atoms with Crippen molar-refractivity contribution in [2.24, 2.45) is 5.92 Å². The highest BCUT2D eigenvalue weighted by atomic mass is 19.2. The molecule has 0 N–H and O–H groups in total. The Morgan fingerprint density at radius 3 is 2.41 bits per heavy atom. The number of rotatable bonds is 3. The number of aryl methyl sites for hydroxylation is 1. The number of ether oxygens (including phenoxy) is 1. The molecule has 0 saturated heterocycles. The molecule has 3 rings (SSSR count). The van der Waals surface area contributed by atoms with Gasteiger partial charge in [0.15, 0.2) is 11.6 Å². The van der Waals surface area contributed by atoms with Crippen molar-refractivity contribution in [2.45, 2.75) is 45.4 Å². The van der Waals surface area contributed by atoms with Gasteiger partial charge in [-0.1, -0.05) is 24.0 Å². The summed E-state index contributed by atoms with van der Waals surface area (Å²) in [5, 5.41) is 0. The van der Waals surface area contributed by atoms with Gasteiger partial charge in [0, 0.05) is 11.5 Å². The molecule has 1 aliphatic carbocycles. The molecule has 27 heavy (non-hydrogen) atoms. The Kier molecular flexibility index (Phi) is 6.11. The molecule has 2 aromatic carbocycles. The third-order valence-electron chi connectivity index (χ3n) is 5.14. The van der Waals surface area contributed by atoms with Crippen molar-refractivity contribution in [3.63, 3.8) is 0 Å². The van der Waals surface area contributed by atoms with E-state index < -0.39 is 11.6 Å². The fourth-order valence-corrected chi connectivity index (χ4v) is 3.53. The van der Waals surface area contributed by atoms with Gasteiger partial charge in [0.25, 0.3) is 0 Å². The summed E-state index contributed by atoms with van der Waals surface area (Å²) in [5.41, 5.74) is 1.69. The normalized spacial score (nSPS) is 19.3. The first-order valence-electron chi connectivity index (χ1n) is 9.38. The van der Waals surface area contributed by atoms with Crippen molar-refractivity contribution >= 4 is 0 Å². The monoisotopic (exact) mass is 372 g/mol. The van der Waals surface area contributed by atoms with E-state index >= 15 is 0 Å². The molecule has 0 bridgehead atoms. The molecule has 0 unspecified atom stereocenters. The molecule has 142 valence electrons. The smallest absolute Gasteiger partial charge is 0.200 e. The van der Waals surface area contributed by atoms with Crippen LogP contribution in [0.4, 0.5) is 13.2 Å². The van der Waals surface area contributed by atoms with E-state index in [9.17, 15) is 13.2 Å². The van der Waals surface area contributed by atoms with Crippen LogP contribution < -0.4 is 4.74 Å². The highest BCUT2D eigenvalue weighted by Gasteiger charge is 2.26. The predicted octanol–water partition coefficient (Wildman–Crippen LogP) is 6.14. The van der Waals surface area contributed by atoms with Crippen molar-refractivity contribution in [3.05, 3.63) is 64.5 Å². The first kappa shape index (κ1) is 19.4. The zero-order valence-electron chi connectivity index (χ0n) is 15.6. The number of benzene rings is 2. The molecule has 0 atom stereocenters. The van der Waals surface area contributed by atoms with Crippen LogP contribution in [0.2, 0.25) is 0 Å². The van der Waals surface area contributed by atoms with Crippen LogP contribution in [-0.4, -0.2) is 6.61 Å². The standard InChI is InChI=1S/C23H23F3O/c1-3-27-21-13-12-19(22(25)23(21)26)18-10-8-16(9-11-18)6-7-17-5-4-15(2)20(24)14-17/h4-5,12-14,16,18H,3,8-11H2,1-2H3. The molecule has 1 saturated carbocycles. The van der Waals surface area contributed by atoms with E-state index in [0.29, 0.717) is 23.3 Å². The lowest BCUT2D eigenvalue weighted by molar-refractivity contribution is 0.310. The zero-order valence-corrected chi connectivity index (χ0v) is 15.6. The van der Waals surface area contributed by atoms with Gasteiger partial charge < -0.3 is 4.74 Å². The summed E-state index contributed by atoms with van der Waals surface area (Å²) in [6, 6.07) is 8.13. The number of halogens is 3. The van der Waals surface area contributed by atoms with Gasteiger partial charge in [0.1, 0.15) is 5.82 Å². The molecule has 0 aliphatic heterocycles. The first-order chi connectivity index (χ1) is 13.0. The molecular formula is C23H23F3O. The second-order valence-corrected chi connectivity index (χ2v) is 7.00. The summed E-state index contributed by atoms with van der Waals surface area (Å²) in [5.74, 6) is 4.43. The van der Waals surface area contributed by atoms with E-state index in [-0.39, 0.29) is 23.4 Å². The largest absolute Gasteiger partial charge is 0.491 e. The van der Waals surface area contributed by atoms with E-state index in [0.717, 1.165) is 25.7 Å². The van der Waals surface area contributed by atoms with Gasteiger partial charge in [-0.25, -0.2) is 8.78 Å². The van der Waals surface area contributed by atoms with Crippen LogP contribution in [-0.2, 0) is 0 Å². The van der Waals surface area contributed by atoms with Crippen LogP contribution in [0.15, 0.2) is 30.3 Å². The molecule has 0 amide bonds. The summed E-state index contributed by atoms with van der Waals surface area (Å²) in [7, 11) is 0. The predicted molar refractivity (Wildman–Crippen MR) is 100 cm³/mol. The Labute approximate surface area is 158 Å². The lowest BCUT2D eigenvalue weighted by Crippen LogP contribution is -2.14. The van der Waals surface area contributed by atoms with Crippen LogP contribution in [0, 0.1) is 42.1 Å². The van der Waals surface area contributed by atoms with Crippen molar-refractivity contribution in [1.29, 1.82) is 0 Å². The zero-order chi connectivity index (χ0) is 19.4. The second kappa shape index (κ2) is 8.52. The summed E-state index contributed by atoms with van der Waals surface area (Å²) in [6.07, 6.45) is 3.15. The molecule has 2 aromatic rings. The van der Waals surface area contributed by atoms with Gasteiger partial charge in [0.2, 0.25) is 5.82 Å². The summed E-state index contributed by atoms with van der Waals surface area (Å²) >= 11 is 0. The lowest BCUT2D eigenvalue weighted by atomic mass is 9.78. The summed E-state index contributed by atoms with van der Waals surface area (Å²) in [4.78, 5) is 0. The maximum Gasteiger partial charge on any atom is 0.200 e. The average Bonchev–Trinajstić information content (AvgIpc) is 2.67. The molecule has 0 radical (unpaired) electrons. The highest BCUT2D eigenvalue weighted by molar-refractivity contribution is 5.37. The van der Waals surface area contributed by atoms with Gasteiger partial charge in [-0.15, -0.1) is 0 Å². The first-order valence-corrected chi connectivity index (χ1v) is 9.38. The minimum Gasteiger partial charge on any atom is -0.491 e. The second-order valence-electron chi connectivity index (χ2n) is 7.00.